The third-order valence-corrected chi connectivity index (χ3v) is 8.71. The van der Waals surface area contributed by atoms with E-state index in [1.807, 2.05) is 0 Å². The van der Waals surface area contributed by atoms with Crippen molar-refractivity contribution < 1.29 is 32.2 Å². The highest BCUT2D eigenvalue weighted by Crippen LogP contribution is 2.53. The van der Waals surface area contributed by atoms with Gasteiger partial charge in [0.05, 0.1) is 33.8 Å². The summed E-state index contributed by atoms with van der Waals surface area (Å²) in [6.45, 7) is -0.259. The van der Waals surface area contributed by atoms with E-state index in [-0.39, 0.29) is 34.9 Å². The molecule has 36 heavy (non-hydrogen) atoms. The lowest BCUT2D eigenvalue weighted by molar-refractivity contribution is -0.0498. The molecule has 2 fully saturated rings. The monoisotopic (exact) mass is 523 g/mol. The number of halogens is 2. The first-order valence-electron chi connectivity index (χ1n) is 11.5. The molecule has 5 rings (SSSR count). The van der Waals surface area contributed by atoms with Crippen molar-refractivity contribution in [1.29, 1.82) is 0 Å². The Morgan fingerprint density at radius 3 is 2.56 bits per heavy atom. The quantitative estimate of drug-likeness (QED) is 0.450. The van der Waals surface area contributed by atoms with Crippen LogP contribution in [0, 0.1) is 0 Å². The zero-order valence-electron chi connectivity index (χ0n) is 19.5. The number of carbonyl (C=O) groups excluding carboxylic acids is 1. The molecule has 12 heteroatoms. The molecular weight excluding hydrogens is 496 g/mol. The highest BCUT2D eigenvalue weighted by Gasteiger charge is 2.45. The normalized spacial score (nSPS) is 20.2. The number of hydrogen-bond acceptors (Lipinski definition) is 6. The number of rotatable bonds is 6. The van der Waals surface area contributed by atoms with Crippen LogP contribution in [0.1, 0.15) is 36.2 Å². The molecule has 3 heterocycles. The van der Waals surface area contributed by atoms with Crippen molar-refractivity contribution >= 4 is 27.5 Å². The maximum atomic E-state index is 13.7. The second-order valence-electron chi connectivity index (χ2n) is 9.52. The lowest BCUT2D eigenvalue weighted by atomic mass is 10.1. The second-order valence-corrected chi connectivity index (χ2v) is 11.7. The third-order valence-electron chi connectivity index (χ3n) is 6.51. The molecule has 0 radical (unpaired) electrons. The first kappa shape index (κ1) is 24.8. The van der Waals surface area contributed by atoms with Crippen LogP contribution in [0.5, 0.6) is 5.75 Å². The summed E-state index contributed by atoms with van der Waals surface area (Å²) in [5.74, 6) is -0.278. The van der Waals surface area contributed by atoms with Crippen LogP contribution in [0.3, 0.4) is 0 Å². The van der Waals surface area contributed by atoms with E-state index < -0.39 is 22.7 Å². The molecule has 0 atom stereocenters. The van der Waals surface area contributed by atoms with Crippen molar-refractivity contribution in [1.82, 2.24) is 14.5 Å². The van der Waals surface area contributed by atoms with Gasteiger partial charge in [0, 0.05) is 30.9 Å². The van der Waals surface area contributed by atoms with Crippen molar-refractivity contribution in [3.05, 3.63) is 58.5 Å². The van der Waals surface area contributed by atoms with Crippen LogP contribution in [0.4, 0.5) is 8.78 Å². The lowest BCUT2D eigenvalue weighted by Gasteiger charge is -2.54. The van der Waals surface area contributed by atoms with E-state index in [1.165, 1.54) is 22.8 Å². The smallest absolute Gasteiger partial charge is 0.387 e. The van der Waals surface area contributed by atoms with E-state index in [0.29, 0.717) is 48.3 Å². The summed E-state index contributed by atoms with van der Waals surface area (Å²) in [4.78, 5) is 26.7. The Morgan fingerprint density at radius 2 is 1.89 bits per heavy atom. The van der Waals surface area contributed by atoms with Gasteiger partial charge < -0.3 is 14.8 Å². The lowest BCUT2D eigenvalue weighted by Crippen LogP contribution is -2.61. The fraction of sp³-hybridized carbons (Fsp3) is 0.417. The Kier molecular flexibility index (Phi) is 6.31. The zero-order valence-corrected chi connectivity index (χ0v) is 20.3. The minimum Gasteiger partial charge on any atom is -0.435 e. The third kappa shape index (κ3) is 4.73. The van der Waals surface area contributed by atoms with Crippen molar-refractivity contribution in [3.8, 4) is 11.4 Å². The molecule has 9 nitrogen and oxygen atoms in total. The predicted molar refractivity (Wildman–Crippen MR) is 132 cm³/mol. The van der Waals surface area contributed by atoms with Gasteiger partial charge in [-0.25, -0.2) is 4.79 Å². The first-order valence-corrected chi connectivity index (χ1v) is 13.4. The average Bonchev–Trinajstić information content (AvgIpc) is 3.08. The second kappa shape index (κ2) is 9.18. The maximum Gasteiger partial charge on any atom is 0.387 e. The van der Waals surface area contributed by atoms with Crippen LogP contribution in [-0.2, 0) is 4.74 Å². The molecule has 3 N–H and O–H groups in total. The van der Waals surface area contributed by atoms with E-state index in [9.17, 15) is 27.5 Å². The van der Waals surface area contributed by atoms with Gasteiger partial charge in [-0.1, -0.05) is 6.07 Å². The highest BCUT2D eigenvalue weighted by atomic mass is 32.3. The van der Waals surface area contributed by atoms with E-state index in [2.05, 4.69) is 10.1 Å². The first-order chi connectivity index (χ1) is 17.1. The van der Waals surface area contributed by atoms with Gasteiger partial charge in [-0.05, 0) is 50.1 Å². The number of carbonyl (C=O) groups is 1. The zero-order chi connectivity index (χ0) is 25.7. The summed E-state index contributed by atoms with van der Waals surface area (Å²) < 4.78 is 58.1. The Morgan fingerprint density at radius 1 is 1.17 bits per heavy atom. The topological polar surface area (TPSA) is 115 Å². The van der Waals surface area contributed by atoms with Crippen molar-refractivity contribution in [2.45, 2.75) is 38.0 Å². The molecule has 194 valence electrons. The van der Waals surface area contributed by atoms with Crippen LogP contribution in [0.2, 0.25) is 0 Å². The van der Waals surface area contributed by atoms with E-state index in [4.69, 9.17) is 4.74 Å². The molecule has 2 saturated heterocycles. The van der Waals surface area contributed by atoms with Crippen LogP contribution in [0.25, 0.3) is 16.7 Å². The molecule has 3 aromatic rings. The molecule has 2 aliphatic rings. The molecule has 2 aromatic carbocycles. The number of alkyl halides is 2. The SMILES string of the molecule is CC1(NC(=O)c2ccc3c(c2)n(C2CCOCC2)c(=O)n3-c2cccc(OC(F)F)c2)CS(O)(O)C1. The summed E-state index contributed by atoms with van der Waals surface area (Å²) >= 11 is 0. The molecule has 0 bridgehead atoms. The predicted octanol–water partition coefficient (Wildman–Crippen LogP) is 4.00. The summed E-state index contributed by atoms with van der Waals surface area (Å²) in [6, 6.07) is 10.6. The highest BCUT2D eigenvalue weighted by molar-refractivity contribution is 8.25. The molecule has 1 aromatic heterocycles. The van der Waals surface area contributed by atoms with Gasteiger partial charge in [0.2, 0.25) is 0 Å². The summed E-state index contributed by atoms with van der Waals surface area (Å²) in [6.07, 6.45) is 1.22. The van der Waals surface area contributed by atoms with Crippen LogP contribution in [-0.4, -0.2) is 61.0 Å². The number of aromatic nitrogens is 2. The number of ether oxygens (including phenoxy) is 2. The minimum absolute atomic E-state index is 0.0721. The number of fused-ring (bicyclic) bond motifs is 1. The molecule has 0 unspecified atom stereocenters. The Labute approximate surface area is 207 Å². The van der Waals surface area contributed by atoms with Gasteiger partial charge in [0.25, 0.3) is 5.91 Å². The molecule has 0 saturated carbocycles. The number of benzene rings is 2. The molecule has 0 spiro atoms. The van der Waals surface area contributed by atoms with E-state index in [1.54, 1.807) is 35.8 Å². The fourth-order valence-corrected chi connectivity index (χ4v) is 7.20. The van der Waals surface area contributed by atoms with Gasteiger partial charge in [-0.15, -0.1) is 0 Å². The number of imidazole rings is 1. The Balaban J connectivity index is 1.58. The molecule has 2 aliphatic heterocycles. The van der Waals surface area contributed by atoms with Crippen molar-refractivity contribution in [2.24, 2.45) is 0 Å². The largest absolute Gasteiger partial charge is 0.435 e. The fourth-order valence-electron chi connectivity index (χ4n) is 5.10. The van der Waals surface area contributed by atoms with E-state index in [0.717, 1.165) is 0 Å². The van der Waals surface area contributed by atoms with E-state index >= 15 is 0 Å². The molecular formula is C24H27F2N3O6S. The number of hydrogen-bond donors (Lipinski definition) is 3. The van der Waals surface area contributed by atoms with Gasteiger partial charge >= 0.3 is 12.3 Å². The summed E-state index contributed by atoms with van der Waals surface area (Å²) in [7, 11) is -2.65. The van der Waals surface area contributed by atoms with Crippen LogP contribution >= 0.6 is 10.6 Å². The maximum absolute atomic E-state index is 13.7. The van der Waals surface area contributed by atoms with Gasteiger partial charge in [0.1, 0.15) is 5.75 Å². The number of nitrogens with one attached hydrogen (secondary N) is 1. The van der Waals surface area contributed by atoms with Crippen LogP contribution < -0.4 is 15.7 Å². The van der Waals surface area contributed by atoms with Crippen molar-refractivity contribution in [3.63, 3.8) is 0 Å². The molecule has 0 aliphatic carbocycles. The number of nitrogens with zero attached hydrogens (tertiary/aromatic N) is 2. The summed E-state index contributed by atoms with van der Waals surface area (Å²) in [5.41, 5.74) is 0.647. The standard InChI is InChI=1S/C24H27F2N3O6S/c1-24(13-36(32,33)14-24)27-21(30)15-5-6-19-20(11-15)28(16-7-9-34-10-8-16)23(31)29(19)17-3-2-4-18(12-17)35-22(25)26/h2-6,11-12,16,22,32-33H,7-10,13-14H2,1H3,(H,27,30). The average molecular weight is 524 g/mol. The van der Waals surface area contributed by atoms with Gasteiger partial charge in [-0.3, -0.25) is 23.0 Å². The van der Waals surface area contributed by atoms with Crippen LogP contribution in [0.15, 0.2) is 47.3 Å². The minimum atomic E-state index is -3.00. The Hall–Kier alpha value is -2.93. The van der Waals surface area contributed by atoms with Crippen molar-refractivity contribution in [2.75, 3.05) is 24.7 Å². The molecule has 1 amide bonds. The number of amides is 1. The Bertz CT molecular complexity index is 1360. The van der Waals surface area contributed by atoms with Gasteiger partial charge in [0.15, 0.2) is 0 Å². The van der Waals surface area contributed by atoms with Gasteiger partial charge in [-0.2, -0.15) is 19.4 Å². The summed E-state index contributed by atoms with van der Waals surface area (Å²) in [5, 5.41) is 2.87.